The van der Waals surface area contributed by atoms with Crippen LogP contribution in [0.5, 0.6) is 5.75 Å². The molecule has 0 amide bonds. The first-order chi connectivity index (χ1) is 6.61. The van der Waals surface area contributed by atoms with Crippen LogP contribution in [-0.2, 0) is 5.88 Å². The Hall–Kier alpha value is -0.610. The van der Waals surface area contributed by atoms with Crippen molar-refractivity contribution in [2.24, 2.45) is 0 Å². The van der Waals surface area contributed by atoms with Crippen LogP contribution in [0.4, 0.5) is 8.78 Å². The molecular formula is C8H7Cl2F2NO. The van der Waals surface area contributed by atoms with E-state index >= 15 is 0 Å². The Labute approximate surface area is 89.8 Å². The molecular weight excluding hydrogens is 235 g/mol. The SMILES string of the molecule is COc1c(C(F)F)cnc(CCl)c1Cl. The maximum absolute atomic E-state index is 12.4. The standard InChI is InChI=1S/C8H7Cl2F2NO/c1-14-7-4(8(11)12)3-13-5(2-9)6(7)10/h3,8H,2H2,1H3. The molecule has 2 nitrogen and oxygen atoms in total. The Morgan fingerprint density at radius 3 is 2.64 bits per heavy atom. The third-order valence-corrected chi connectivity index (χ3v) is 2.28. The van der Waals surface area contributed by atoms with Crippen LogP contribution >= 0.6 is 23.2 Å². The van der Waals surface area contributed by atoms with Crippen LogP contribution in [0, 0.1) is 0 Å². The van der Waals surface area contributed by atoms with Gasteiger partial charge in [-0.05, 0) is 0 Å². The lowest BCUT2D eigenvalue weighted by Gasteiger charge is -2.10. The molecule has 6 heteroatoms. The predicted molar refractivity (Wildman–Crippen MR) is 50.3 cm³/mol. The summed E-state index contributed by atoms with van der Waals surface area (Å²) in [5.74, 6) is -0.00839. The minimum Gasteiger partial charge on any atom is -0.495 e. The van der Waals surface area contributed by atoms with Gasteiger partial charge >= 0.3 is 0 Å². The largest absolute Gasteiger partial charge is 0.495 e. The fraction of sp³-hybridized carbons (Fsp3) is 0.375. The lowest BCUT2D eigenvalue weighted by molar-refractivity contribution is 0.146. The molecule has 0 bridgehead atoms. The molecule has 0 N–H and O–H groups in total. The zero-order valence-electron chi connectivity index (χ0n) is 7.23. The molecule has 14 heavy (non-hydrogen) atoms. The molecule has 0 aromatic carbocycles. The summed E-state index contributed by atoms with van der Waals surface area (Å²) < 4.78 is 29.6. The molecule has 0 aliphatic carbocycles. The summed E-state index contributed by atoms with van der Waals surface area (Å²) in [5.41, 5.74) is 0.000880. The highest BCUT2D eigenvalue weighted by Gasteiger charge is 2.19. The van der Waals surface area contributed by atoms with Gasteiger partial charge < -0.3 is 4.74 Å². The first kappa shape index (κ1) is 11.5. The molecule has 0 spiro atoms. The van der Waals surface area contributed by atoms with E-state index in [-0.39, 0.29) is 22.2 Å². The second kappa shape index (κ2) is 4.75. The number of methoxy groups -OCH3 is 1. The van der Waals surface area contributed by atoms with Crippen LogP contribution in [0.3, 0.4) is 0 Å². The van der Waals surface area contributed by atoms with E-state index in [1.54, 1.807) is 0 Å². The van der Waals surface area contributed by atoms with Gasteiger partial charge in [-0.2, -0.15) is 0 Å². The molecule has 1 rings (SSSR count). The first-order valence-electron chi connectivity index (χ1n) is 3.67. The van der Waals surface area contributed by atoms with Crippen molar-refractivity contribution in [3.8, 4) is 5.75 Å². The summed E-state index contributed by atoms with van der Waals surface area (Å²) in [6.45, 7) is 0. The zero-order chi connectivity index (χ0) is 10.7. The summed E-state index contributed by atoms with van der Waals surface area (Å²) in [5, 5.41) is 0.0419. The van der Waals surface area contributed by atoms with Gasteiger partial charge in [0.1, 0.15) is 10.8 Å². The Balaban J connectivity index is 3.28. The number of alkyl halides is 3. The molecule has 0 saturated heterocycles. The molecule has 0 radical (unpaired) electrons. The van der Waals surface area contributed by atoms with Gasteiger partial charge in [0, 0.05) is 6.20 Å². The minimum absolute atomic E-state index is 0.0419. The van der Waals surface area contributed by atoms with Gasteiger partial charge in [-0.1, -0.05) is 11.6 Å². The molecule has 1 heterocycles. The van der Waals surface area contributed by atoms with E-state index in [1.165, 1.54) is 7.11 Å². The third-order valence-electron chi connectivity index (χ3n) is 1.64. The van der Waals surface area contributed by atoms with E-state index in [4.69, 9.17) is 27.9 Å². The topological polar surface area (TPSA) is 22.1 Å². The molecule has 0 aliphatic rings. The summed E-state index contributed by atoms with van der Waals surface area (Å²) in [6, 6.07) is 0. The number of halogens is 4. The maximum Gasteiger partial charge on any atom is 0.268 e. The number of aromatic nitrogens is 1. The number of ether oxygens (including phenoxy) is 1. The molecule has 0 unspecified atom stereocenters. The van der Waals surface area contributed by atoms with Gasteiger partial charge in [0.25, 0.3) is 6.43 Å². The normalized spacial score (nSPS) is 10.7. The number of hydrogen-bond donors (Lipinski definition) is 0. The van der Waals surface area contributed by atoms with Gasteiger partial charge in [-0.15, -0.1) is 11.6 Å². The monoisotopic (exact) mass is 241 g/mol. The number of hydrogen-bond acceptors (Lipinski definition) is 2. The quantitative estimate of drug-likeness (QED) is 0.757. The zero-order valence-corrected chi connectivity index (χ0v) is 8.74. The fourth-order valence-corrected chi connectivity index (χ4v) is 1.55. The van der Waals surface area contributed by atoms with Crippen molar-refractivity contribution in [3.05, 3.63) is 22.5 Å². The Morgan fingerprint density at radius 2 is 2.21 bits per heavy atom. The summed E-state index contributed by atoms with van der Waals surface area (Å²) in [4.78, 5) is 3.70. The van der Waals surface area contributed by atoms with E-state index in [9.17, 15) is 8.78 Å². The van der Waals surface area contributed by atoms with E-state index in [0.717, 1.165) is 6.20 Å². The van der Waals surface area contributed by atoms with E-state index in [0.29, 0.717) is 5.69 Å². The average Bonchev–Trinajstić information content (AvgIpc) is 2.17. The summed E-state index contributed by atoms with van der Waals surface area (Å²) in [7, 11) is 1.27. The van der Waals surface area contributed by atoms with Crippen LogP contribution in [-0.4, -0.2) is 12.1 Å². The molecule has 78 valence electrons. The smallest absolute Gasteiger partial charge is 0.268 e. The van der Waals surface area contributed by atoms with Gasteiger partial charge in [0.2, 0.25) is 0 Å². The molecule has 1 aromatic rings. The third kappa shape index (κ3) is 2.07. The van der Waals surface area contributed by atoms with Gasteiger partial charge in [0.05, 0.1) is 24.2 Å². The highest BCUT2D eigenvalue weighted by molar-refractivity contribution is 6.33. The van der Waals surface area contributed by atoms with Crippen molar-refractivity contribution < 1.29 is 13.5 Å². The minimum atomic E-state index is -2.67. The van der Waals surface area contributed by atoms with Crippen molar-refractivity contribution in [3.63, 3.8) is 0 Å². The van der Waals surface area contributed by atoms with Crippen molar-refractivity contribution in [2.75, 3.05) is 7.11 Å². The fourth-order valence-electron chi connectivity index (χ4n) is 0.977. The van der Waals surface area contributed by atoms with E-state index in [2.05, 4.69) is 4.98 Å². The number of rotatable bonds is 3. The molecule has 1 aromatic heterocycles. The van der Waals surface area contributed by atoms with Gasteiger partial charge in [-0.25, -0.2) is 8.78 Å². The molecule has 0 atom stereocenters. The second-order valence-corrected chi connectivity index (χ2v) is 3.09. The van der Waals surface area contributed by atoms with Crippen molar-refractivity contribution in [1.29, 1.82) is 0 Å². The highest BCUT2D eigenvalue weighted by Crippen LogP contribution is 2.36. The van der Waals surface area contributed by atoms with Gasteiger partial charge in [0.15, 0.2) is 0 Å². The van der Waals surface area contributed by atoms with E-state index in [1.807, 2.05) is 0 Å². The lowest BCUT2D eigenvalue weighted by atomic mass is 10.2. The number of pyridine rings is 1. The Kier molecular flexibility index (Phi) is 3.89. The summed E-state index contributed by atoms with van der Waals surface area (Å²) >= 11 is 11.3. The summed E-state index contributed by atoms with van der Waals surface area (Å²) in [6.07, 6.45) is -1.65. The van der Waals surface area contributed by atoms with Crippen molar-refractivity contribution in [1.82, 2.24) is 4.98 Å². The van der Waals surface area contributed by atoms with Crippen LogP contribution in [0.1, 0.15) is 17.7 Å². The van der Waals surface area contributed by atoms with Crippen LogP contribution < -0.4 is 4.74 Å². The van der Waals surface area contributed by atoms with Crippen molar-refractivity contribution in [2.45, 2.75) is 12.3 Å². The predicted octanol–water partition coefficient (Wildman–Crippen LogP) is 3.42. The lowest BCUT2D eigenvalue weighted by Crippen LogP contribution is -1.98. The number of nitrogens with zero attached hydrogens (tertiary/aromatic N) is 1. The molecule has 0 saturated carbocycles. The van der Waals surface area contributed by atoms with Crippen LogP contribution in [0.2, 0.25) is 5.02 Å². The van der Waals surface area contributed by atoms with Gasteiger partial charge in [-0.3, -0.25) is 4.98 Å². The van der Waals surface area contributed by atoms with Crippen LogP contribution in [0.25, 0.3) is 0 Å². The first-order valence-corrected chi connectivity index (χ1v) is 4.58. The van der Waals surface area contributed by atoms with E-state index < -0.39 is 6.43 Å². The Bertz CT molecular complexity index is 333. The molecule has 0 aliphatic heterocycles. The maximum atomic E-state index is 12.4. The van der Waals surface area contributed by atoms with Crippen molar-refractivity contribution >= 4 is 23.2 Å². The Morgan fingerprint density at radius 1 is 1.57 bits per heavy atom. The average molecular weight is 242 g/mol. The van der Waals surface area contributed by atoms with Crippen LogP contribution in [0.15, 0.2) is 6.20 Å². The second-order valence-electron chi connectivity index (χ2n) is 2.44. The highest BCUT2D eigenvalue weighted by atomic mass is 35.5. The molecule has 0 fully saturated rings.